The smallest absolute Gasteiger partial charge is 0.126 e. The standard InChI is InChI=1S/C18H27N5O/c1-13-17(14(2)22(3)21-13)11-20-18-5-4-16(10-19-18)23-8-6-15(12-24)7-9-23/h4-5,10,15,24H,6-9,11-12H2,1-3H3,(H,19,20). The molecule has 130 valence electrons. The van der Waals surface area contributed by atoms with Crippen LogP contribution in [-0.4, -0.2) is 39.6 Å². The highest BCUT2D eigenvalue weighted by molar-refractivity contribution is 5.50. The summed E-state index contributed by atoms with van der Waals surface area (Å²) in [6, 6.07) is 4.16. The quantitative estimate of drug-likeness (QED) is 0.881. The van der Waals surface area contributed by atoms with E-state index in [-0.39, 0.29) is 0 Å². The van der Waals surface area contributed by atoms with Crippen molar-refractivity contribution in [3.63, 3.8) is 0 Å². The zero-order chi connectivity index (χ0) is 17.1. The van der Waals surface area contributed by atoms with Crippen molar-refractivity contribution in [1.82, 2.24) is 14.8 Å². The van der Waals surface area contributed by atoms with Gasteiger partial charge in [0.15, 0.2) is 0 Å². The number of anilines is 2. The van der Waals surface area contributed by atoms with E-state index in [0.717, 1.165) is 49.7 Å². The van der Waals surface area contributed by atoms with Crippen molar-refractivity contribution < 1.29 is 5.11 Å². The van der Waals surface area contributed by atoms with Crippen LogP contribution in [0.5, 0.6) is 0 Å². The summed E-state index contributed by atoms with van der Waals surface area (Å²) in [4.78, 5) is 6.89. The Balaban J connectivity index is 1.59. The molecule has 0 radical (unpaired) electrons. The molecule has 2 aromatic rings. The number of nitrogens with one attached hydrogen (secondary N) is 1. The predicted molar refractivity (Wildman–Crippen MR) is 96.3 cm³/mol. The van der Waals surface area contributed by atoms with Crippen molar-refractivity contribution in [3.05, 3.63) is 35.3 Å². The highest BCUT2D eigenvalue weighted by Gasteiger charge is 2.18. The van der Waals surface area contributed by atoms with Crippen molar-refractivity contribution in [2.75, 3.05) is 29.9 Å². The number of nitrogens with zero attached hydrogens (tertiary/aromatic N) is 4. The zero-order valence-electron chi connectivity index (χ0n) is 14.8. The highest BCUT2D eigenvalue weighted by Crippen LogP contribution is 2.23. The third-order valence-corrected chi connectivity index (χ3v) is 5.09. The van der Waals surface area contributed by atoms with Crippen molar-refractivity contribution in [1.29, 1.82) is 0 Å². The van der Waals surface area contributed by atoms with E-state index < -0.39 is 0 Å². The fraction of sp³-hybridized carbons (Fsp3) is 0.556. The first-order valence-corrected chi connectivity index (χ1v) is 8.63. The van der Waals surface area contributed by atoms with E-state index in [0.29, 0.717) is 12.5 Å². The summed E-state index contributed by atoms with van der Waals surface area (Å²) in [7, 11) is 1.97. The molecule has 3 heterocycles. The van der Waals surface area contributed by atoms with Crippen LogP contribution in [0.25, 0.3) is 0 Å². The second kappa shape index (κ2) is 7.21. The van der Waals surface area contributed by atoms with Crippen molar-refractivity contribution in [3.8, 4) is 0 Å². The number of aromatic nitrogens is 3. The molecule has 0 unspecified atom stereocenters. The van der Waals surface area contributed by atoms with Crippen LogP contribution in [-0.2, 0) is 13.6 Å². The van der Waals surface area contributed by atoms with E-state index in [1.54, 1.807) is 0 Å². The molecule has 0 atom stereocenters. The van der Waals surface area contributed by atoms with Crippen LogP contribution >= 0.6 is 0 Å². The number of piperidine rings is 1. The van der Waals surface area contributed by atoms with Crippen LogP contribution in [0.2, 0.25) is 0 Å². The normalized spacial score (nSPS) is 15.8. The Morgan fingerprint density at radius 1 is 1.25 bits per heavy atom. The number of hydrogen-bond acceptors (Lipinski definition) is 5. The van der Waals surface area contributed by atoms with Gasteiger partial charge in [-0.25, -0.2) is 4.98 Å². The van der Waals surface area contributed by atoms with Gasteiger partial charge in [-0.05, 0) is 44.7 Å². The molecule has 1 saturated heterocycles. The molecule has 0 aliphatic carbocycles. The first-order chi connectivity index (χ1) is 11.6. The average molecular weight is 329 g/mol. The SMILES string of the molecule is Cc1nn(C)c(C)c1CNc1ccc(N2CCC(CO)CC2)cn1. The van der Waals surface area contributed by atoms with E-state index in [4.69, 9.17) is 0 Å². The Kier molecular flexibility index (Phi) is 5.04. The largest absolute Gasteiger partial charge is 0.396 e. The molecule has 24 heavy (non-hydrogen) atoms. The maximum atomic E-state index is 9.23. The Morgan fingerprint density at radius 3 is 2.54 bits per heavy atom. The van der Waals surface area contributed by atoms with Gasteiger partial charge in [0.05, 0.1) is 17.6 Å². The molecule has 2 aromatic heterocycles. The summed E-state index contributed by atoms with van der Waals surface area (Å²) in [6.07, 6.45) is 4.04. The lowest BCUT2D eigenvalue weighted by Gasteiger charge is -2.32. The summed E-state index contributed by atoms with van der Waals surface area (Å²) < 4.78 is 1.92. The second-order valence-electron chi connectivity index (χ2n) is 6.64. The zero-order valence-corrected chi connectivity index (χ0v) is 14.8. The number of aliphatic hydroxyl groups is 1. The molecule has 1 fully saturated rings. The third kappa shape index (κ3) is 3.53. The minimum absolute atomic E-state index is 0.308. The molecule has 0 amide bonds. The van der Waals surface area contributed by atoms with Gasteiger partial charge in [0.1, 0.15) is 5.82 Å². The Bertz CT molecular complexity index is 671. The lowest BCUT2D eigenvalue weighted by Crippen LogP contribution is -2.34. The Labute approximate surface area is 143 Å². The van der Waals surface area contributed by atoms with Crippen LogP contribution in [0, 0.1) is 19.8 Å². The van der Waals surface area contributed by atoms with Gasteiger partial charge < -0.3 is 15.3 Å². The Morgan fingerprint density at radius 2 is 2.00 bits per heavy atom. The molecule has 6 nitrogen and oxygen atoms in total. The second-order valence-corrected chi connectivity index (χ2v) is 6.64. The van der Waals surface area contributed by atoms with Gasteiger partial charge in [0.2, 0.25) is 0 Å². The minimum Gasteiger partial charge on any atom is -0.396 e. The number of aliphatic hydroxyl groups excluding tert-OH is 1. The van der Waals surface area contributed by atoms with Crippen LogP contribution in [0.1, 0.15) is 29.8 Å². The van der Waals surface area contributed by atoms with Gasteiger partial charge in [-0.3, -0.25) is 4.68 Å². The summed E-state index contributed by atoms with van der Waals surface area (Å²) in [6.45, 7) is 7.16. The fourth-order valence-corrected chi connectivity index (χ4v) is 3.30. The summed E-state index contributed by atoms with van der Waals surface area (Å²) >= 11 is 0. The molecular formula is C18H27N5O. The van der Waals surface area contributed by atoms with Crippen LogP contribution in [0.4, 0.5) is 11.5 Å². The molecule has 3 rings (SSSR count). The van der Waals surface area contributed by atoms with Gasteiger partial charge in [0.25, 0.3) is 0 Å². The first kappa shape index (κ1) is 16.8. The third-order valence-electron chi connectivity index (χ3n) is 5.09. The van der Waals surface area contributed by atoms with Gasteiger partial charge in [-0.1, -0.05) is 0 Å². The molecule has 0 bridgehead atoms. The van der Waals surface area contributed by atoms with Crippen molar-refractivity contribution >= 4 is 11.5 Å². The van der Waals surface area contributed by atoms with Crippen molar-refractivity contribution in [2.45, 2.75) is 33.2 Å². The van der Waals surface area contributed by atoms with E-state index in [9.17, 15) is 5.11 Å². The van der Waals surface area contributed by atoms with E-state index in [1.807, 2.05) is 30.9 Å². The minimum atomic E-state index is 0.308. The van der Waals surface area contributed by atoms with E-state index >= 15 is 0 Å². The molecular weight excluding hydrogens is 302 g/mol. The van der Waals surface area contributed by atoms with Gasteiger partial charge in [0, 0.05) is 44.5 Å². The topological polar surface area (TPSA) is 66.2 Å². The molecule has 0 spiro atoms. The molecule has 0 aromatic carbocycles. The molecule has 1 aliphatic rings. The summed E-state index contributed by atoms with van der Waals surface area (Å²) in [5, 5.41) is 17.1. The lowest BCUT2D eigenvalue weighted by atomic mass is 9.98. The summed E-state index contributed by atoms with van der Waals surface area (Å²) in [5.74, 6) is 1.34. The number of aryl methyl sites for hydroxylation is 2. The lowest BCUT2D eigenvalue weighted by molar-refractivity contribution is 0.203. The predicted octanol–water partition coefficient (Wildman–Crippen LogP) is 2.25. The molecule has 1 aliphatic heterocycles. The Hall–Kier alpha value is -2.08. The van der Waals surface area contributed by atoms with Gasteiger partial charge in [-0.2, -0.15) is 5.10 Å². The molecule has 2 N–H and O–H groups in total. The van der Waals surface area contributed by atoms with Crippen LogP contribution < -0.4 is 10.2 Å². The van der Waals surface area contributed by atoms with Crippen LogP contribution in [0.3, 0.4) is 0 Å². The highest BCUT2D eigenvalue weighted by atomic mass is 16.3. The van der Waals surface area contributed by atoms with E-state index in [1.165, 1.54) is 11.3 Å². The summed E-state index contributed by atoms with van der Waals surface area (Å²) in [5.41, 5.74) is 4.63. The molecule has 0 saturated carbocycles. The fourth-order valence-electron chi connectivity index (χ4n) is 3.30. The monoisotopic (exact) mass is 329 g/mol. The van der Waals surface area contributed by atoms with E-state index in [2.05, 4.69) is 33.3 Å². The first-order valence-electron chi connectivity index (χ1n) is 8.63. The molecule has 6 heteroatoms. The number of hydrogen-bond donors (Lipinski definition) is 2. The number of pyridine rings is 1. The van der Waals surface area contributed by atoms with Gasteiger partial charge >= 0.3 is 0 Å². The maximum Gasteiger partial charge on any atom is 0.126 e. The number of rotatable bonds is 5. The maximum absolute atomic E-state index is 9.23. The van der Waals surface area contributed by atoms with Crippen molar-refractivity contribution in [2.24, 2.45) is 13.0 Å². The average Bonchev–Trinajstić information content (AvgIpc) is 2.86. The van der Waals surface area contributed by atoms with Crippen LogP contribution in [0.15, 0.2) is 18.3 Å². The van der Waals surface area contributed by atoms with Gasteiger partial charge in [-0.15, -0.1) is 0 Å².